The van der Waals surface area contributed by atoms with Crippen molar-refractivity contribution in [1.29, 1.82) is 0 Å². The predicted molar refractivity (Wildman–Crippen MR) is 96.5 cm³/mol. The number of hydrogen-bond acceptors (Lipinski definition) is 5. The van der Waals surface area contributed by atoms with E-state index in [9.17, 15) is 4.79 Å². The van der Waals surface area contributed by atoms with E-state index in [4.69, 9.17) is 9.15 Å². The lowest BCUT2D eigenvalue weighted by Crippen LogP contribution is -2.13. The number of fused-ring (bicyclic) bond motifs is 1. The Morgan fingerprint density at radius 3 is 2.76 bits per heavy atom. The van der Waals surface area contributed by atoms with E-state index in [-0.39, 0.29) is 5.56 Å². The average molecular weight is 353 g/mol. The van der Waals surface area contributed by atoms with E-state index >= 15 is 0 Å². The van der Waals surface area contributed by atoms with Crippen molar-refractivity contribution < 1.29 is 9.15 Å². The molecule has 2 heterocycles. The summed E-state index contributed by atoms with van der Waals surface area (Å²) in [6, 6.07) is 16.5. The van der Waals surface area contributed by atoms with Gasteiger partial charge in [-0.2, -0.15) is 0 Å². The lowest BCUT2D eigenvalue weighted by atomic mass is 10.3. The molecule has 0 saturated carbocycles. The Morgan fingerprint density at radius 1 is 1.20 bits per heavy atom. The molecule has 1 N–H and O–H groups in total. The van der Waals surface area contributed by atoms with E-state index in [0.717, 1.165) is 28.2 Å². The van der Waals surface area contributed by atoms with Crippen molar-refractivity contribution in [2.75, 3.05) is 7.11 Å². The van der Waals surface area contributed by atoms with Gasteiger partial charge in [-0.15, -0.1) is 0 Å². The van der Waals surface area contributed by atoms with Gasteiger partial charge in [0.25, 0.3) is 10.8 Å². The summed E-state index contributed by atoms with van der Waals surface area (Å²) in [5, 5.41) is 3.69. The standard InChI is InChI=1S/C18H15N3O3S/c1-23-14-8-6-13(7-9-14)21-17(22)10-12(20-21)11-25-18-19-15-4-2-3-5-16(15)24-18/h2-10,20H,11H2,1H3. The van der Waals surface area contributed by atoms with Crippen LogP contribution >= 0.6 is 11.8 Å². The predicted octanol–water partition coefficient (Wildman–Crippen LogP) is 3.61. The number of thioether (sulfide) groups is 1. The van der Waals surface area contributed by atoms with Crippen LogP contribution in [0.25, 0.3) is 16.8 Å². The number of rotatable bonds is 5. The van der Waals surface area contributed by atoms with Crippen molar-refractivity contribution in [3.63, 3.8) is 0 Å². The van der Waals surface area contributed by atoms with Gasteiger partial charge in [0.2, 0.25) is 0 Å². The monoisotopic (exact) mass is 353 g/mol. The van der Waals surface area contributed by atoms with Crippen molar-refractivity contribution >= 4 is 22.9 Å². The largest absolute Gasteiger partial charge is 0.497 e. The molecule has 6 nitrogen and oxygen atoms in total. The fourth-order valence-electron chi connectivity index (χ4n) is 2.49. The Bertz CT molecular complexity index is 1030. The third kappa shape index (κ3) is 3.18. The Kier molecular flexibility index (Phi) is 4.07. The normalized spacial score (nSPS) is 11.1. The first-order valence-electron chi connectivity index (χ1n) is 7.67. The summed E-state index contributed by atoms with van der Waals surface area (Å²) in [4.78, 5) is 16.6. The van der Waals surface area contributed by atoms with Crippen LogP contribution in [0.3, 0.4) is 0 Å². The van der Waals surface area contributed by atoms with Gasteiger partial charge in [-0.3, -0.25) is 9.89 Å². The van der Waals surface area contributed by atoms with Crippen LogP contribution in [0, 0.1) is 0 Å². The third-order valence-corrected chi connectivity index (χ3v) is 4.61. The quantitative estimate of drug-likeness (QED) is 0.555. The maximum absolute atomic E-state index is 12.2. The van der Waals surface area contributed by atoms with E-state index in [1.807, 2.05) is 48.5 Å². The summed E-state index contributed by atoms with van der Waals surface area (Å²) in [5.41, 5.74) is 3.03. The number of para-hydroxylation sites is 2. The molecule has 0 aliphatic carbocycles. The highest BCUT2D eigenvalue weighted by Gasteiger charge is 2.09. The van der Waals surface area contributed by atoms with Gasteiger partial charge in [0.1, 0.15) is 11.3 Å². The highest BCUT2D eigenvalue weighted by molar-refractivity contribution is 7.98. The number of aromatic nitrogens is 3. The zero-order valence-electron chi connectivity index (χ0n) is 13.4. The molecule has 0 saturated heterocycles. The summed E-state index contributed by atoms with van der Waals surface area (Å²) in [5.74, 6) is 1.31. The molecule has 0 radical (unpaired) electrons. The van der Waals surface area contributed by atoms with E-state index in [0.29, 0.717) is 11.0 Å². The molecular weight excluding hydrogens is 338 g/mol. The first kappa shape index (κ1) is 15.6. The number of nitrogens with zero attached hydrogens (tertiary/aromatic N) is 2. The van der Waals surface area contributed by atoms with E-state index in [1.165, 1.54) is 16.4 Å². The molecule has 0 atom stereocenters. The summed E-state index contributed by atoms with van der Waals surface area (Å²) in [7, 11) is 1.61. The zero-order valence-corrected chi connectivity index (χ0v) is 14.2. The maximum Gasteiger partial charge on any atom is 0.271 e. The second-order valence-corrected chi connectivity index (χ2v) is 6.32. The zero-order chi connectivity index (χ0) is 17.2. The van der Waals surface area contributed by atoms with Gasteiger partial charge in [0.05, 0.1) is 12.8 Å². The van der Waals surface area contributed by atoms with Crippen molar-refractivity contribution in [3.05, 3.63) is 70.6 Å². The molecule has 0 amide bonds. The number of H-pyrrole nitrogens is 1. The van der Waals surface area contributed by atoms with Crippen LogP contribution in [0.2, 0.25) is 0 Å². The second kappa shape index (κ2) is 6.52. The third-order valence-electron chi connectivity index (χ3n) is 3.73. The Labute approximate surface area is 147 Å². The highest BCUT2D eigenvalue weighted by atomic mass is 32.2. The fourth-order valence-corrected chi connectivity index (χ4v) is 3.23. The van der Waals surface area contributed by atoms with Crippen molar-refractivity contribution in [1.82, 2.24) is 14.8 Å². The highest BCUT2D eigenvalue weighted by Crippen LogP contribution is 2.25. The molecule has 4 aromatic rings. The van der Waals surface area contributed by atoms with Gasteiger partial charge in [0.15, 0.2) is 5.58 Å². The fraction of sp³-hybridized carbons (Fsp3) is 0.111. The number of nitrogens with one attached hydrogen (secondary N) is 1. The summed E-state index contributed by atoms with van der Waals surface area (Å²) in [6.07, 6.45) is 0. The van der Waals surface area contributed by atoms with Gasteiger partial charge < -0.3 is 9.15 Å². The Balaban J connectivity index is 1.52. The van der Waals surface area contributed by atoms with Crippen LogP contribution in [0.4, 0.5) is 0 Å². The molecule has 25 heavy (non-hydrogen) atoms. The molecule has 0 spiro atoms. The van der Waals surface area contributed by atoms with E-state index in [2.05, 4.69) is 10.1 Å². The molecule has 2 aromatic carbocycles. The molecule has 2 aromatic heterocycles. The lowest BCUT2D eigenvalue weighted by Gasteiger charge is -2.03. The lowest BCUT2D eigenvalue weighted by molar-refractivity contribution is 0.414. The number of methoxy groups -OCH3 is 1. The SMILES string of the molecule is COc1ccc(-n2[nH]c(CSc3nc4ccccc4o3)cc2=O)cc1. The van der Waals surface area contributed by atoms with E-state index < -0.39 is 0 Å². The number of benzene rings is 2. The summed E-state index contributed by atoms with van der Waals surface area (Å²) < 4.78 is 12.3. The molecular formula is C18H15N3O3S. The van der Waals surface area contributed by atoms with Gasteiger partial charge in [-0.25, -0.2) is 9.67 Å². The van der Waals surface area contributed by atoms with Gasteiger partial charge in [0, 0.05) is 17.5 Å². The first-order chi connectivity index (χ1) is 12.2. The van der Waals surface area contributed by atoms with Crippen LogP contribution < -0.4 is 10.3 Å². The molecule has 126 valence electrons. The number of aromatic amines is 1. The topological polar surface area (TPSA) is 73.1 Å². The average Bonchev–Trinajstić information content (AvgIpc) is 3.23. The summed E-state index contributed by atoms with van der Waals surface area (Å²) >= 11 is 1.44. The number of hydrogen-bond donors (Lipinski definition) is 1. The number of oxazole rings is 1. The van der Waals surface area contributed by atoms with Gasteiger partial charge in [-0.05, 0) is 36.4 Å². The van der Waals surface area contributed by atoms with Crippen LogP contribution in [-0.2, 0) is 5.75 Å². The molecule has 0 aliphatic rings. The molecule has 0 unspecified atom stereocenters. The van der Waals surface area contributed by atoms with Gasteiger partial charge >= 0.3 is 0 Å². The van der Waals surface area contributed by atoms with Crippen molar-refractivity contribution in [2.24, 2.45) is 0 Å². The second-order valence-electron chi connectivity index (χ2n) is 5.39. The number of ether oxygens (including phenoxy) is 1. The van der Waals surface area contributed by atoms with Crippen LogP contribution in [-0.4, -0.2) is 21.9 Å². The Hall–Kier alpha value is -2.93. The van der Waals surface area contributed by atoms with Crippen LogP contribution in [0.1, 0.15) is 5.69 Å². The Morgan fingerprint density at radius 2 is 2.00 bits per heavy atom. The molecule has 0 bridgehead atoms. The minimum absolute atomic E-state index is 0.113. The maximum atomic E-state index is 12.2. The minimum atomic E-state index is -0.113. The molecule has 0 fully saturated rings. The van der Waals surface area contributed by atoms with Gasteiger partial charge in [-0.1, -0.05) is 23.9 Å². The minimum Gasteiger partial charge on any atom is -0.497 e. The van der Waals surface area contributed by atoms with Crippen LogP contribution in [0.15, 0.2) is 69.0 Å². The molecule has 7 heteroatoms. The van der Waals surface area contributed by atoms with E-state index in [1.54, 1.807) is 13.2 Å². The smallest absolute Gasteiger partial charge is 0.271 e. The van der Waals surface area contributed by atoms with Crippen molar-refractivity contribution in [2.45, 2.75) is 11.0 Å². The van der Waals surface area contributed by atoms with Crippen LogP contribution in [0.5, 0.6) is 5.75 Å². The molecule has 4 rings (SSSR count). The van der Waals surface area contributed by atoms with Crippen molar-refractivity contribution in [3.8, 4) is 11.4 Å². The summed E-state index contributed by atoms with van der Waals surface area (Å²) in [6.45, 7) is 0. The first-order valence-corrected chi connectivity index (χ1v) is 8.65. The molecule has 0 aliphatic heterocycles.